The average molecular weight is 348 g/mol. The molecule has 0 radical (unpaired) electrons. The van der Waals surface area contributed by atoms with E-state index in [2.05, 4.69) is 17.9 Å². The number of phenolic OH excluding ortho intramolecular Hbond substituents is 2. The normalized spacial score (nSPS) is 10.7. The van der Waals surface area contributed by atoms with Gasteiger partial charge in [0.15, 0.2) is 0 Å². The fourth-order valence-electron chi connectivity index (χ4n) is 2.86. The number of unbranched alkanes of at least 4 members (excludes halogenated alkanes) is 1. The smallest absolute Gasteiger partial charge is 0.129 e. The van der Waals surface area contributed by atoms with E-state index in [4.69, 9.17) is 4.98 Å². The molecule has 1 aromatic heterocycles. The van der Waals surface area contributed by atoms with Gasteiger partial charge in [0.2, 0.25) is 0 Å². The van der Waals surface area contributed by atoms with Crippen molar-refractivity contribution in [2.75, 3.05) is 18.5 Å². The highest BCUT2D eigenvalue weighted by Gasteiger charge is 2.10. The van der Waals surface area contributed by atoms with E-state index in [1.54, 1.807) is 24.3 Å². The molecule has 1 heterocycles. The Balaban J connectivity index is 2.08. The van der Waals surface area contributed by atoms with Gasteiger partial charge in [-0.1, -0.05) is 37.6 Å². The summed E-state index contributed by atoms with van der Waals surface area (Å²) in [6.45, 7) is 3.11. The average Bonchev–Trinajstić information content (AvgIpc) is 2.66. The Morgan fingerprint density at radius 1 is 0.846 bits per heavy atom. The number of hydrogen-bond donors (Lipinski definition) is 2. The van der Waals surface area contributed by atoms with Crippen molar-refractivity contribution in [1.82, 2.24) is 4.98 Å². The molecular weight excluding hydrogens is 324 g/mol. The van der Waals surface area contributed by atoms with E-state index in [9.17, 15) is 10.2 Å². The van der Waals surface area contributed by atoms with Crippen molar-refractivity contribution in [3.63, 3.8) is 0 Å². The molecule has 3 rings (SSSR count). The van der Waals surface area contributed by atoms with Crippen LogP contribution in [0.3, 0.4) is 0 Å². The fraction of sp³-hybridized carbons (Fsp3) is 0.227. The zero-order valence-corrected chi connectivity index (χ0v) is 15.2. The molecule has 0 spiro atoms. The second kappa shape index (κ2) is 7.91. The van der Waals surface area contributed by atoms with Gasteiger partial charge < -0.3 is 15.1 Å². The molecule has 0 bridgehead atoms. The summed E-state index contributed by atoms with van der Waals surface area (Å²) in [5.74, 6) is 1.36. The number of nitrogens with zero attached hydrogens (tertiary/aromatic N) is 2. The molecule has 0 aliphatic heterocycles. The van der Waals surface area contributed by atoms with E-state index in [1.807, 2.05) is 37.4 Å². The number of phenols is 2. The molecule has 0 aliphatic carbocycles. The molecule has 0 atom stereocenters. The topological polar surface area (TPSA) is 56.6 Å². The van der Waals surface area contributed by atoms with Crippen LogP contribution in [0.2, 0.25) is 0 Å². The minimum absolute atomic E-state index is 0.222. The van der Waals surface area contributed by atoms with Crippen molar-refractivity contribution in [2.45, 2.75) is 19.8 Å². The number of aromatic nitrogens is 1. The van der Waals surface area contributed by atoms with Gasteiger partial charge in [0, 0.05) is 19.2 Å². The maximum absolute atomic E-state index is 9.82. The van der Waals surface area contributed by atoms with Crippen LogP contribution >= 0.6 is 0 Å². The highest BCUT2D eigenvalue weighted by Crippen LogP contribution is 2.31. The summed E-state index contributed by atoms with van der Waals surface area (Å²) in [6.07, 6.45) is 2.23. The van der Waals surface area contributed by atoms with E-state index in [-0.39, 0.29) is 11.5 Å². The van der Waals surface area contributed by atoms with Crippen molar-refractivity contribution >= 4 is 5.82 Å². The summed E-state index contributed by atoms with van der Waals surface area (Å²) < 4.78 is 0. The molecule has 0 fully saturated rings. The molecule has 4 nitrogen and oxygen atoms in total. The Morgan fingerprint density at radius 2 is 1.62 bits per heavy atom. The second-order valence-electron chi connectivity index (χ2n) is 6.47. The summed E-state index contributed by atoms with van der Waals surface area (Å²) in [4.78, 5) is 6.96. The van der Waals surface area contributed by atoms with Crippen LogP contribution in [0.25, 0.3) is 22.4 Å². The van der Waals surface area contributed by atoms with Crippen LogP contribution in [0.15, 0.2) is 60.7 Å². The third-order valence-corrected chi connectivity index (χ3v) is 4.39. The first-order valence-electron chi connectivity index (χ1n) is 8.89. The van der Waals surface area contributed by atoms with Gasteiger partial charge in [-0.05, 0) is 53.9 Å². The van der Waals surface area contributed by atoms with Crippen LogP contribution < -0.4 is 4.90 Å². The Morgan fingerprint density at radius 3 is 2.31 bits per heavy atom. The van der Waals surface area contributed by atoms with Crippen LogP contribution in [0.5, 0.6) is 11.5 Å². The van der Waals surface area contributed by atoms with Crippen molar-refractivity contribution in [3.8, 4) is 33.9 Å². The predicted molar refractivity (Wildman–Crippen MR) is 107 cm³/mol. The number of pyridine rings is 1. The molecule has 134 valence electrons. The first kappa shape index (κ1) is 17.8. The lowest BCUT2D eigenvalue weighted by molar-refractivity contribution is 0.475. The van der Waals surface area contributed by atoms with Crippen molar-refractivity contribution in [3.05, 3.63) is 60.7 Å². The Hall–Kier alpha value is -3.01. The molecule has 0 unspecified atom stereocenters. The first-order valence-corrected chi connectivity index (χ1v) is 8.89. The van der Waals surface area contributed by atoms with Gasteiger partial charge in [0.1, 0.15) is 17.3 Å². The lowest BCUT2D eigenvalue weighted by Crippen LogP contribution is -2.19. The van der Waals surface area contributed by atoms with E-state index >= 15 is 0 Å². The van der Waals surface area contributed by atoms with Crippen LogP contribution in [0.4, 0.5) is 5.82 Å². The number of rotatable bonds is 6. The van der Waals surface area contributed by atoms with Gasteiger partial charge in [0.05, 0.1) is 5.69 Å². The molecule has 0 amide bonds. The van der Waals surface area contributed by atoms with Crippen molar-refractivity contribution in [1.29, 1.82) is 0 Å². The second-order valence-corrected chi connectivity index (χ2v) is 6.47. The fourth-order valence-corrected chi connectivity index (χ4v) is 2.86. The minimum atomic E-state index is 0.222. The Kier molecular flexibility index (Phi) is 5.42. The number of aromatic hydroxyl groups is 2. The van der Waals surface area contributed by atoms with Crippen LogP contribution in [-0.2, 0) is 0 Å². The van der Waals surface area contributed by atoms with E-state index in [1.165, 1.54) is 0 Å². The van der Waals surface area contributed by atoms with E-state index in [0.717, 1.165) is 47.6 Å². The van der Waals surface area contributed by atoms with E-state index < -0.39 is 0 Å². The number of hydrogen-bond acceptors (Lipinski definition) is 4. The van der Waals surface area contributed by atoms with Crippen LogP contribution in [0.1, 0.15) is 19.8 Å². The molecule has 2 aromatic carbocycles. The molecule has 4 heteroatoms. The van der Waals surface area contributed by atoms with Gasteiger partial charge in [-0.3, -0.25) is 0 Å². The SMILES string of the molecule is CCCCN(C)c1cc(-c2ccc(O)cc2)cc(-c2cccc(O)c2)n1. The van der Waals surface area contributed by atoms with Gasteiger partial charge >= 0.3 is 0 Å². The predicted octanol–water partition coefficient (Wildman–Crippen LogP) is 5.06. The van der Waals surface area contributed by atoms with E-state index in [0.29, 0.717) is 0 Å². The maximum Gasteiger partial charge on any atom is 0.129 e. The summed E-state index contributed by atoms with van der Waals surface area (Å²) in [6, 6.07) is 18.4. The standard InChI is InChI=1S/C22H24N2O2/c1-3-4-12-24(2)22-15-18(16-8-10-19(25)11-9-16)14-21(23-22)17-6-5-7-20(26)13-17/h5-11,13-15,25-26H,3-4,12H2,1-2H3. The first-order chi connectivity index (χ1) is 12.6. The summed E-state index contributed by atoms with van der Waals surface area (Å²) in [5.41, 5.74) is 3.72. The largest absolute Gasteiger partial charge is 0.508 e. The lowest BCUT2D eigenvalue weighted by Gasteiger charge is -2.20. The Bertz CT molecular complexity index is 876. The molecule has 2 N–H and O–H groups in total. The van der Waals surface area contributed by atoms with Gasteiger partial charge in [-0.2, -0.15) is 0 Å². The summed E-state index contributed by atoms with van der Waals surface area (Å²) in [5, 5.41) is 19.4. The molecular formula is C22H24N2O2. The molecule has 3 aromatic rings. The maximum atomic E-state index is 9.82. The molecule has 26 heavy (non-hydrogen) atoms. The number of benzene rings is 2. The highest BCUT2D eigenvalue weighted by atomic mass is 16.3. The summed E-state index contributed by atoms with van der Waals surface area (Å²) >= 11 is 0. The zero-order chi connectivity index (χ0) is 18.5. The Labute approximate surface area is 154 Å². The van der Waals surface area contributed by atoms with Crippen LogP contribution in [0, 0.1) is 0 Å². The quantitative estimate of drug-likeness (QED) is 0.653. The highest BCUT2D eigenvalue weighted by molar-refractivity contribution is 5.74. The molecule has 0 saturated carbocycles. The third-order valence-electron chi connectivity index (χ3n) is 4.39. The molecule has 0 saturated heterocycles. The van der Waals surface area contributed by atoms with Gasteiger partial charge in [0.25, 0.3) is 0 Å². The molecule has 0 aliphatic rings. The lowest BCUT2D eigenvalue weighted by atomic mass is 10.0. The monoisotopic (exact) mass is 348 g/mol. The minimum Gasteiger partial charge on any atom is -0.508 e. The summed E-state index contributed by atoms with van der Waals surface area (Å²) in [7, 11) is 2.05. The van der Waals surface area contributed by atoms with Crippen LogP contribution in [-0.4, -0.2) is 28.8 Å². The zero-order valence-electron chi connectivity index (χ0n) is 15.2. The van der Waals surface area contributed by atoms with Gasteiger partial charge in [-0.15, -0.1) is 0 Å². The van der Waals surface area contributed by atoms with Crippen molar-refractivity contribution < 1.29 is 10.2 Å². The number of anilines is 1. The third kappa shape index (κ3) is 4.14. The van der Waals surface area contributed by atoms with Crippen molar-refractivity contribution in [2.24, 2.45) is 0 Å². The van der Waals surface area contributed by atoms with Gasteiger partial charge in [-0.25, -0.2) is 4.98 Å².